The van der Waals surface area contributed by atoms with E-state index in [9.17, 15) is 0 Å². The average molecular weight is 353 g/mol. The molecule has 8 heteroatoms. The summed E-state index contributed by atoms with van der Waals surface area (Å²) in [7, 11) is 0. The Bertz CT molecular complexity index is 923. The van der Waals surface area contributed by atoms with E-state index in [0.717, 1.165) is 61.4 Å². The molecule has 0 amide bonds. The molecule has 0 saturated heterocycles. The molecule has 0 atom stereocenters. The predicted molar refractivity (Wildman–Crippen MR) is 101 cm³/mol. The zero-order valence-electron chi connectivity index (χ0n) is 14.7. The molecule has 3 heterocycles. The van der Waals surface area contributed by atoms with Gasteiger partial charge in [-0.15, -0.1) is 0 Å². The Hall–Kier alpha value is -2.61. The van der Waals surface area contributed by atoms with Gasteiger partial charge in [-0.1, -0.05) is 6.42 Å². The molecule has 1 fully saturated rings. The van der Waals surface area contributed by atoms with E-state index in [-0.39, 0.29) is 5.96 Å². The first-order valence-corrected chi connectivity index (χ1v) is 9.23. The molecule has 2 aromatic rings. The Labute approximate surface area is 151 Å². The van der Waals surface area contributed by atoms with E-state index >= 15 is 0 Å². The lowest BCUT2D eigenvalue weighted by Gasteiger charge is -2.45. The highest BCUT2D eigenvalue weighted by atomic mass is 16.5. The largest absolute Gasteiger partial charge is 0.372 e. The maximum atomic E-state index is 6.32. The standard InChI is InChI=1S/C18H23N7O/c19-16-22-17(20)25(18(23-16)6-2-1-3-7-18)12-4-5-14-13(10-12)21-15-11-26-9-8-24(14)15/h4-5,10H,1-3,6-9,11H2,(H4,19,20,22,23). The predicted octanol–water partition coefficient (Wildman–Crippen LogP) is 1.68. The maximum absolute atomic E-state index is 6.32. The van der Waals surface area contributed by atoms with Gasteiger partial charge < -0.3 is 20.8 Å². The van der Waals surface area contributed by atoms with Crippen molar-refractivity contribution in [1.82, 2.24) is 9.55 Å². The highest BCUT2D eigenvalue weighted by molar-refractivity contribution is 6.06. The topological polar surface area (TPSA) is 107 Å². The highest BCUT2D eigenvalue weighted by Gasteiger charge is 2.42. The van der Waals surface area contributed by atoms with Crippen LogP contribution in [0.3, 0.4) is 0 Å². The minimum Gasteiger partial charge on any atom is -0.372 e. The number of nitrogens with zero attached hydrogens (tertiary/aromatic N) is 5. The van der Waals surface area contributed by atoms with Crippen LogP contribution in [0, 0.1) is 0 Å². The van der Waals surface area contributed by atoms with Gasteiger partial charge >= 0.3 is 0 Å². The molecule has 8 nitrogen and oxygen atoms in total. The summed E-state index contributed by atoms with van der Waals surface area (Å²) in [6, 6.07) is 6.27. The summed E-state index contributed by atoms with van der Waals surface area (Å²) in [5, 5.41) is 0. The number of aromatic nitrogens is 2. The molecule has 1 spiro atoms. The van der Waals surface area contributed by atoms with Crippen LogP contribution in [0.15, 0.2) is 28.2 Å². The lowest BCUT2D eigenvalue weighted by molar-refractivity contribution is 0.0830. The third-order valence-corrected chi connectivity index (χ3v) is 5.61. The number of ether oxygens (including phenoxy) is 1. The van der Waals surface area contributed by atoms with Crippen LogP contribution in [0.5, 0.6) is 0 Å². The molecule has 0 radical (unpaired) electrons. The molecule has 1 aromatic carbocycles. The zero-order valence-corrected chi connectivity index (χ0v) is 14.7. The summed E-state index contributed by atoms with van der Waals surface area (Å²) in [6.07, 6.45) is 5.29. The number of guanidine groups is 2. The van der Waals surface area contributed by atoms with Crippen molar-refractivity contribution in [3.05, 3.63) is 24.0 Å². The molecular formula is C18H23N7O. The number of nitrogens with two attached hydrogens (primary N) is 2. The van der Waals surface area contributed by atoms with Gasteiger partial charge in [0.2, 0.25) is 11.9 Å². The molecule has 136 valence electrons. The number of hydrogen-bond donors (Lipinski definition) is 2. The van der Waals surface area contributed by atoms with Crippen molar-refractivity contribution in [3.8, 4) is 0 Å². The van der Waals surface area contributed by atoms with Crippen LogP contribution in [-0.4, -0.2) is 33.7 Å². The van der Waals surface area contributed by atoms with Gasteiger partial charge in [0.25, 0.3) is 0 Å². The first-order valence-electron chi connectivity index (χ1n) is 9.23. The summed E-state index contributed by atoms with van der Waals surface area (Å²) in [5.41, 5.74) is 14.9. The Balaban J connectivity index is 1.62. The second-order valence-corrected chi connectivity index (χ2v) is 7.22. The van der Waals surface area contributed by atoms with Crippen LogP contribution in [0.2, 0.25) is 0 Å². The summed E-state index contributed by atoms with van der Waals surface area (Å²) < 4.78 is 7.75. The van der Waals surface area contributed by atoms with E-state index in [0.29, 0.717) is 12.6 Å². The minimum atomic E-state index is -0.426. The summed E-state index contributed by atoms with van der Waals surface area (Å²) >= 11 is 0. The molecule has 1 aliphatic carbocycles. The van der Waals surface area contributed by atoms with Crippen molar-refractivity contribution >= 4 is 28.6 Å². The first-order chi connectivity index (χ1) is 12.7. The number of imidazole rings is 1. The monoisotopic (exact) mass is 353 g/mol. The molecule has 0 bridgehead atoms. The SMILES string of the molecule is NC1=NC2(CCCCC2)N(c2ccc3c(c2)nc2n3CCOC2)C(N)=N1. The van der Waals surface area contributed by atoms with Gasteiger partial charge in [-0.2, -0.15) is 4.99 Å². The Morgan fingerprint density at radius 1 is 1.12 bits per heavy atom. The van der Waals surface area contributed by atoms with E-state index in [2.05, 4.69) is 32.7 Å². The fourth-order valence-corrected chi connectivity index (χ4v) is 4.48. The third kappa shape index (κ3) is 2.28. The third-order valence-electron chi connectivity index (χ3n) is 5.61. The second kappa shape index (κ2) is 5.70. The second-order valence-electron chi connectivity index (χ2n) is 7.22. The zero-order chi connectivity index (χ0) is 17.7. The van der Waals surface area contributed by atoms with Crippen molar-refractivity contribution in [2.45, 2.75) is 50.9 Å². The molecule has 5 rings (SSSR count). The average Bonchev–Trinajstić information content (AvgIpc) is 2.99. The summed E-state index contributed by atoms with van der Waals surface area (Å²) in [5.74, 6) is 1.65. The molecule has 1 aromatic heterocycles. The molecular weight excluding hydrogens is 330 g/mol. The van der Waals surface area contributed by atoms with Crippen LogP contribution < -0.4 is 16.4 Å². The van der Waals surface area contributed by atoms with Gasteiger partial charge in [-0.25, -0.2) is 9.98 Å². The van der Waals surface area contributed by atoms with Gasteiger partial charge in [0, 0.05) is 12.2 Å². The van der Waals surface area contributed by atoms with Gasteiger partial charge in [-0.05, 0) is 43.9 Å². The van der Waals surface area contributed by atoms with E-state index in [1.54, 1.807) is 0 Å². The molecule has 1 saturated carbocycles. The van der Waals surface area contributed by atoms with Crippen LogP contribution in [0.4, 0.5) is 5.69 Å². The molecule has 3 aliphatic rings. The van der Waals surface area contributed by atoms with Gasteiger partial charge in [0.05, 0.1) is 17.6 Å². The first kappa shape index (κ1) is 15.6. The van der Waals surface area contributed by atoms with E-state index in [1.807, 2.05) is 0 Å². The number of rotatable bonds is 1. The minimum absolute atomic E-state index is 0.274. The van der Waals surface area contributed by atoms with E-state index in [1.165, 1.54) is 6.42 Å². The fourth-order valence-electron chi connectivity index (χ4n) is 4.48. The summed E-state index contributed by atoms with van der Waals surface area (Å²) in [6.45, 7) is 2.12. The van der Waals surface area contributed by atoms with E-state index in [4.69, 9.17) is 26.2 Å². The van der Waals surface area contributed by atoms with Crippen molar-refractivity contribution in [2.75, 3.05) is 11.5 Å². The molecule has 26 heavy (non-hydrogen) atoms. The number of benzene rings is 1. The lowest BCUT2D eigenvalue weighted by atomic mass is 9.87. The quantitative estimate of drug-likeness (QED) is 0.811. The van der Waals surface area contributed by atoms with Crippen LogP contribution >= 0.6 is 0 Å². The van der Waals surface area contributed by atoms with Gasteiger partial charge in [-0.3, -0.25) is 4.90 Å². The Morgan fingerprint density at radius 2 is 1.96 bits per heavy atom. The number of hydrogen-bond acceptors (Lipinski definition) is 7. The normalized spacial score (nSPS) is 22.2. The Morgan fingerprint density at radius 3 is 2.81 bits per heavy atom. The molecule has 2 aliphatic heterocycles. The van der Waals surface area contributed by atoms with E-state index < -0.39 is 5.66 Å². The van der Waals surface area contributed by atoms with Gasteiger partial charge in [0.15, 0.2) is 0 Å². The fraction of sp³-hybridized carbons (Fsp3) is 0.500. The van der Waals surface area contributed by atoms with Gasteiger partial charge in [0.1, 0.15) is 18.1 Å². The lowest BCUT2D eigenvalue weighted by Crippen LogP contribution is -2.58. The number of aliphatic imine (C=N–C) groups is 2. The highest BCUT2D eigenvalue weighted by Crippen LogP contribution is 2.40. The van der Waals surface area contributed by atoms with Crippen molar-refractivity contribution in [1.29, 1.82) is 0 Å². The van der Waals surface area contributed by atoms with Crippen molar-refractivity contribution < 1.29 is 4.74 Å². The smallest absolute Gasteiger partial charge is 0.220 e. The molecule has 4 N–H and O–H groups in total. The maximum Gasteiger partial charge on any atom is 0.220 e. The van der Waals surface area contributed by atoms with Crippen molar-refractivity contribution in [3.63, 3.8) is 0 Å². The van der Waals surface area contributed by atoms with Crippen LogP contribution in [0.1, 0.15) is 37.9 Å². The molecule has 0 unspecified atom stereocenters. The number of anilines is 1. The summed E-state index contributed by atoms with van der Waals surface area (Å²) in [4.78, 5) is 15.8. The number of fused-ring (bicyclic) bond motifs is 3. The van der Waals surface area contributed by atoms with Crippen molar-refractivity contribution in [2.24, 2.45) is 21.5 Å². The van der Waals surface area contributed by atoms with Crippen LogP contribution in [0.25, 0.3) is 11.0 Å². The van der Waals surface area contributed by atoms with Crippen LogP contribution in [-0.2, 0) is 17.9 Å². The Kier molecular flexibility index (Phi) is 3.43.